The monoisotopic (exact) mass is 268 g/mol. The zero-order valence-electron chi connectivity index (χ0n) is 10.9. The molecule has 0 aliphatic heterocycles. The molecule has 100 valence electrons. The Bertz CT molecular complexity index is 365. The normalized spacial score (nSPS) is 23.7. The molecule has 0 radical (unpaired) electrons. The Morgan fingerprint density at radius 2 is 2.17 bits per heavy atom. The number of pyridine rings is 1. The molecule has 0 unspecified atom stereocenters. The van der Waals surface area contributed by atoms with E-state index in [1.807, 2.05) is 19.1 Å². The van der Waals surface area contributed by atoms with E-state index >= 15 is 0 Å². The van der Waals surface area contributed by atoms with Crippen LogP contribution in [0.3, 0.4) is 0 Å². The molecule has 3 nitrogen and oxygen atoms in total. The number of rotatable bonds is 5. The summed E-state index contributed by atoms with van der Waals surface area (Å²) in [5.41, 5.74) is 0. The molecule has 0 saturated heterocycles. The molecule has 1 fully saturated rings. The van der Waals surface area contributed by atoms with E-state index in [0.29, 0.717) is 17.9 Å². The summed E-state index contributed by atoms with van der Waals surface area (Å²) in [6, 6.07) is 3.85. The third-order valence-electron chi connectivity index (χ3n) is 3.41. The van der Waals surface area contributed by atoms with Crippen LogP contribution in [0.1, 0.15) is 32.6 Å². The van der Waals surface area contributed by atoms with Gasteiger partial charge in [0.2, 0.25) is 0 Å². The van der Waals surface area contributed by atoms with Crippen molar-refractivity contribution < 1.29 is 4.74 Å². The van der Waals surface area contributed by atoms with Crippen molar-refractivity contribution in [1.82, 2.24) is 4.98 Å². The smallest absolute Gasteiger partial charge is 0.168 e. The maximum absolute atomic E-state index is 6.11. The second-order valence-corrected chi connectivity index (χ2v) is 5.40. The summed E-state index contributed by atoms with van der Waals surface area (Å²) in [6.45, 7) is 3.61. The molecule has 1 saturated carbocycles. The average Bonchev–Trinajstić information content (AvgIpc) is 2.40. The number of hydrogen-bond donors (Lipinski definition) is 1. The number of hydrogen-bond acceptors (Lipinski definition) is 3. The first-order valence-electron chi connectivity index (χ1n) is 6.75. The van der Waals surface area contributed by atoms with E-state index in [9.17, 15) is 0 Å². The Hall–Kier alpha value is -0.960. The van der Waals surface area contributed by atoms with Crippen molar-refractivity contribution in [3.63, 3.8) is 0 Å². The molecule has 1 aliphatic carbocycles. The molecule has 0 atom stereocenters. The number of halogens is 1. The van der Waals surface area contributed by atoms with Crippen molar-refractivity contribution in [2.24, 2.45) is 5.92 Å². The number of nitrogens with one attached hydrogen (secondary N) is 1. The number of aromatic nitrogens is 1. The Labute approximate surface area is 114 Å². The van der Waals surface area contributed by atoms with Crippen molar-refractivity contribution >= 4 is 17.4 Å². The van der Waals surface area contributed by atoms with E-state index in [-0.39, 0.29) is 0 Å². The molecule has 0 bridgehead atoms. The number of anilines is 1. The van der Waals surface area contributed by atoms with Gasteiger partial charge in [-0.1, -0.05) is 0 Å². The molecule has 4 heteroatoms. The van der Waals surface area contributed by atoms with Gasteiger partial charge in [0, 0.05) is 18.1 Å². The standard InChI is InChI=1S/C14H21ClN2O/c1-2-18-13-4-3-9-16-14(13)17-10-11-5-7-12(15)8-6-11/h3-4,9,11-12H,2,5-8,10H2,1H3,(H,16,17). The SMILES string of the molecule is CCOc1cccnc1NCC1CCC(Cl)CC1. The Morgan fingerprint density at radius 1 is 1.39 bits per heavy atom. The zero-order valence-corrected chi connectivity index (χ0v) is 11.6. The van der Waals surface area contributed by atoms with Gasteiger partial charge in [-0.2, -0.15) is 0 Å². The van der Waals surface area contributed by atoms with Gasteiger partial charge < -0.3 is 10.1 Å². The highest BCUT2D eigenvalue weighted by molar-refractivity contribution is 6.20. The van der Waals surface area contributed by atoms with Crippen molar-refractivity contribution in [2.45, 2.75) is 38.0 Å². The van der Waals surface area contributed by atoms with Crippen molar-refractivity contribution in [1.29, 1.82) is 0 Å². The molecular formula is C14H21ClN2O. The molecule has 2 rings (SSSR count). The van der Waals surface area contributed by atoms with Crippen molar-refractivity contribution in [2.75, 3.05) is 18.5 Å². The first-order chi connectivity index (χ1) is 8.79. The third-order valence-corrected chi connectivity index (χ3v) is 3.84. The van der Waals surface area contributed by atoms with Crippen LogP contribution in [0.15, 0.2) is 18.3 Å². The van der Waals surface area contributed by atoms with Gasteiger partial charge in [0.25, 0.3) is 0 Å². The van der Waals surface area contributed by atoms with Gasteiger partial charge in [-0.15, -0.1) is 11.6 Å². The van der Waals surface area contributed by atoms with Crippen LogP contribution in [-0.2, 0) is 0 Å². The number of nitrogens with zero attached hydrogens (tertiary/aromatic N) is 1. The molecule has 1 aliphatic rings. The lowest BCUT2D eigenvalue weighted by molar-refractivity contribution is 0.339. The predicted octanol–water partition coefficient (Wildman–Crippen LogP) is 3.69. The lowest BCUT2D eigenvalue weighted by Gasteiger charge is -2.25. The molecule has 0 aromatic carbocycles. The van der Waals surface area contributed by atoms with Crippen molar-refractivity contribution in [3.8, 4) is 5.75 Å². The summed E-state index contributed by atoms with van der Waals surface area (Å²) < 4.78 is 5.55. The summed E-state index contributed by atoms with van der Waals surface area (Å²) in [4.78, 5) is 4.33. The fourth-order valence-corrected chi connectivity index (χ4v) is 2.61. The van der Waals surface area contributed by atoms with E-state index in [4.69, 9.17) is 16.3 Å². The second kappa shape index (κ2) is 6.83. The molecule has 0 spiro atoms. The van der Waals surface area contributed by atoms with Gasteiger partial charge in [0.05, 0.1) is 6.61 Å². The number of ether oxygens (including phenoxy) is 1. The predicted molar refractivity (Wildman–Crippen MR) is 75.5 cm³/mol. The van der Waals surface area contributed by atoms with Crippen LogP contribution < -0.4 is 10.1 Å². The Kier molecular flexibility index (Phi) is 5.12. The lowest BCUT2D eigenvalue weighted by Crippen LogP contribution is -2.21. The quantitative estimate of drug-likeness (QED) is 0.827. The summed E-state index contributed by atoms with van der Waals surface area (Å²) in [5.74, 6) is 2.40. The van der Waals surface area contributed by atoms with Gasteiger partial charge >= 0.3 is 0 Å². The molecular weight excluding hydrogens is 248 g/mol. The van der Waals surface area contributed by atoms with Gasteiger partial charge in [-0.25, -0.2) is 4.98 Å². The van der Waals surface area contributed by atoms with Crippen LogP contribution in [0, 0.1) is 5.92 Å². The topological polar surface area (TPSA) is 34.1 Å². The first kappa shape index (κ1) is 13.5. The minimum absolute atomic E-state index is 0.384. The molecule has 0 amide bonds. The highest BCUT2D eigenvalue weighted by atomic mass is 35.5. The number of alkyl halides is 1. The van der Waals surface area contributed by atoms with Gasteiger partial charge in [-0.05, 0) is 50.7 Å². The highest BCUT2D eigenvalue weighted by Crippen LogP contribution is 2.28. The zero-order chi connectivity index (χ0) is 12.8. The van der Waals surface area contributed by atoms with Crippen LogP contribution in [-0.4, -0.2) is 23.5 Å². The molecule has 1 aromatic heterocycles. The fraction of sp³-hybridized carbons (Fsp3) is 0.643. The molecule has 18 heavy (non-hydrogen) atoms. The van der Waals surface area contributed by atoms with E-state index in [1.54, 1.807) is 6.20 Å². The third kappa shape index (κ3) is 3.77. The van der Waals surface area contributed by atoms with E-state index in [1.165, 1.54) is 12.8 Å². The maximum Gasteiger partial charge on any atom is 0.168 e. The molecule has 1 aromatic rings. The van der Waals surface area contributed by atoms with Gasteiger partial charge in [0.1, 0.15) is 0 Å². The lowest BCUT2D eigenvalue weighted by atomic mass is 9.89. The van der Waals surface area contributed by atoms with Crippen LogP contribution >= 0.6 is 11.6 Å². The van der Waals surface area contributed by atoms with E-state index in [2.05, 4.69) is 10.3 Å². The highest BCUT2D eigenvalue weighted by Gasteiger charge is 2.19. The minimum Gasteiger partial charge on any atom is -0.490 e. The van der Waals surface area contributed by atoms with Crippen molar-refractivity contribution in [3.05, 3.63) is 18.3 Å². The van der Waals surface area contributed by atoms with E-state index in [0.717, 1.165) is 31.0 Å². The fourth-order valence-electron chi connectivity index (χ4n) is 2.36. The largest absolute Gasteiger partial charge is 0.490 e. The summed E-state index contributed by atoms with van der Waals surface area (Å²) in [6.07, 6.45) is 6.47. The van der Waals surface area contributed by atoms with Crippen LogP contribution in [0.4, 0.5) is 5.82 Å². The van der Waals surface area contributed by atoms with Crippen LogP contribution in [0.25, 0.3) is 0 Å². The Balaban J connectivity index is 1.86. The van der Waals surface area contributed by atoms with Crippen LogP contribution in [0.2, 0.25) is 0 Å². The average molecular weight is 269 g/mol. The maximum atomic E-state index is 6.11. The minimum atomic E-state index is 0.384. The summed E-state index contributed by atoms with van der Waals surface area (Å²) in [7, 11) is 0. The Morgan fingerprint density at radius 3 is 2.89 bits per heavy atom. The second-order valence-electron chi connectivity index (χ2n) is 4.78. The van der Waals surface area contributed by atoms with E-state index < -0.39 is 0 Å². The van der Waals surface area contributed by atoms with Crippen LogP contribution in [0.5, 0.6) is 5.75 Å². The summed E-state index contributed by atoms with van der Waals surface area (Å²) >= 11 is 6.11. The molecule has 1 heterocycles. The molecule has 1 N–H and O–H groups in total. The van der Waals surface area contributed by atoms with Gasteiger partial charge in [0.15, 0.2) is 11.6 Å². The summed E-state index contributed by atoms with van der Waals surface area (Å²) in [5, 5.41) is 3.79. The van der Waals surface area contributed by atoms with Gasteiger partial charge in [-0.3, -0.25) is 0 Å². The first-order valence-corrected chi connectivity index (χ1v) is 7.19.